The maximum Gasteiger partial charge on any atom is 0.319 e. The van der Waals surface area contributed by atoms with Crippen molar-refractivity contribution in [3.05, 3.63) is 84.1 Å². The summed E-state index contributed by atoms with van der Waals surface area (Å²) in [5.41, 5.74) is 4.22. The number of aliphatic hydroxyl groups is 1. The summed E-state index contributed by atoms with van der Waals surface area (Å²) in [7, 11) is 0. The Bertz CT molecular complexity index is 1020. The lowest BCUT2D eigenvalue weighted by Gasteiger charge is -2.40. The standard InChI is InChI=1S/C24H25N3O2/c1-24(2)15-20(28)22(17-11-6-7-12-18(17)24)27-23(29)26-19-13-8-14-25-21(19)16-9-4-3-5-10-16/h3-14,20,22,28H,15H2,1-2H3,(H2,26,27,29)/t20-,22-/m1/s1. The molecule has 0 saturated carbocycles. The lowest BCUT2D eigenvalue weighted by atomic mass is 9.70. The van der Waals surface area contributed by atoms with Crippen LogP contribution in [0.25, 0.3) is 11.3 Å². The van der Waals surface area contributed by atoms with E-state index in [0.29, 0.717) is 17.8 Å². The van der Waals surface area contributed by atoms with Crippen LogP contribution >= 0.6 is 0 Å². The van der Waals surface area contributed by atoms with Gasteiger partial charge in [-0.05, 0) is 35.1 Å². The van der Waals surface area contributed by atoms with Gasteiger partial charge in [-0.25, -0.2) is 4.79 Å². The van der Waals surface area contributed by atoms with Gasteiger partial charge in [0.1, 0.15) is 0 Å². The zero-order valence-corrected chi connectivity index (χ0v) is 16.6. The predicted molar refractivity (Wildman–Crippen MR) is 115 cm³/mol. The lowest BCUT2D eigenvalue weighted by Crippen LogP contribution is -2.45. The van der Waals surface area contributed by atoms with Crippen LogP contribution in [0.1, 0.15) is 37.4 Å². The monoisotopic (exact) mass is 387 g/mol. The van der Waals surface area contributed by atoms with Gasteiger partial charge in [-0.3, -0.25) is 4.98 Å². The van der Waals surface area contributed by atoms with E-state index < -0.39 is 12.1 Å². The van der Waals surface area contributed by atoms with E-state index in [1.807, 2.05) is 54.6 Å². The van der Waals surface area contributed by atoms with Crippen LogP contribution in [-0.2, 0) is 5.41 Å². The van der Waals surface area contributed by atoms with E-state index in [1.54, 1.807) is 12.3 Å². The molecular formula is C24H25N3O2. The summed E-state index contributed by atoms with van der Waals surface area (Å²) < 4.78 is 0. The summed E-state index contributed by atoms with van der Waals surface area (Å²) >= 11 is 0. The van der Waals surface area contributed by atoms with Gasteiger partial charge >= 0.3 is 6.03 Å². The number of aromatic nitrogens is 1. The third-order valence-corrected chi connectivity index (χ3v) is 5.52. The highest BCUT2D eigenvalue weighted by Gasteiger charge is 2.38. The van der Waals surface area contributed by atoms with E-state index >= 15 is 0 Å². The van der Waals surface area contributed by atoms with Crippen LogP contribution < -0.4 is 10.6 Å². The second-order valence-electron chi connectivity index (χ2n) is 8.08. The third kappa shape index (κ3) is 3.87. The van der Waals surface area contributed by atoms with Gasteiger partial charge in [-0.1, -0.05) is 68.4 Å². The summed E-state index contributed by atoms with van der Waals surface area (Å²) in [6, 6.07) is 20.5. The van der Waals surface area contributed by atoms with Gasteiger partial charge in [-0.15, -0.1) is 0 Å². The first-order valence-electron chi connectivity index (χ1n) is 9.81. The van der Waals surface area contributed by atoms with E-state index in [9.17, 15) is 9.90 Å². The summed E-state index contributed by atoms with van der Waals surface area (Å²) in [6.45, 7) is 4.24. The van der Waals surface area contributed by atoms with Gasteiger partial charge in [0.15, 0.2) is 0 Å². The average Bonchev–Trinajstić information content (AvgIpc) is 2.72. The van der Waals surface area contributed by atoms with Gasteiger partial charge in [-0.2, -0.15) is 0 Å². The highest BCUT2D eigenvalue weighted by atomic mass is 16.3. The number of benzene rings is 2. The molecule has 4 rings (SSSR count). The van der Waals surface area contributed by atoms with Crippen molar-refractivity contribution in [2.24, 2.45) is 0 Å². The molecule has 0 spiro atoms. The SMILES string of the molecule is CC1(C)C[C@@H](O)[C@H](NC(=O)Nc2cccnc2-c2ccccc2)c2ccccc21. The van der Waals surface area contributed by atoms with Crippen LogP contribution in [0.2, 0.25) is 0 Å². The van der Waals surface area contributed by atoms with Crippen molar-refractivity contribution in [2.75, 3.05) is 5.32 Å². The molecule has 29 heavy (non-hydrogen) atoms. The Labute approximate surface area is 170 Å². The first-order valence-corrected chi connectivity index (χ1v) is 9.81. The van der Waals surface area contributed by atoms with Crippen molar-refractivity contribution >= 4 is 11.7 Å². The number of fused-ring (bicyclic) bond motifs is 1. The highest BCUT2D eigenvalue weighted by molar-refractivity contribution is 5.93. The van der Waals surface area contributed by atoms with E-state index in [2.05, 4.69) is 35.5 Å². The largest absolute Gasteiger partial charge is 0.391 e. The predicted octanol–water partition coefficient (Wildman–Crippen LogP) is 4.65. The fourth-order valence-electron chi connectivity index (χ4n) is 4.15. The summed E-state index contributed by atoms with van der Waals surface area (Å²) in [5.74, 6) is 0. The molecule has 1 aliphatic carbocycles. The third-order valence-electron chi connectivity index (χ3n) is 5.52. The van der Waals surface area contributed by atoms with E-state index in [4.69, 9.17) is 0 Å². The molecule has 1 aromatic heterocycles. The molecule has 148 valence electrons. The van der Waals surface area contributed by atoms with Gasteiger partial charge in [0, 0.05) is 11.8 Å². The quantitative estimate of drug-likeness (QED) is 0.612. The Morgan fingerprint density at radius 1 is 1.03 bits per heavy atom. The number of hydrogen-bond donors (Lipinski definition) is 3. The summed E-state index contributed by atoms with van der Waals surface area (Å²) in [5, 5.41) is 16.6. The van der Waals surface area contributed by atoms with Gasteiger partial charge < -0.3 is 15.7 Å². The number of pyridine rings is 1. The molecule has 2 amide bonds. The van der Waals surface area contributed by atoms with Crippen LogP contribution in [0.3, 0.4) is 0 Å². The molecule has 3 N–H and O–H groups in total. The Balaban J connectivity index is 1.57. The zero-order valence-electron chi connectivity index (χ0n) is 16.6. The molecule has 5 heteroatoms. The Morgan fingerprint density at radius 3 is 2.55 bits per heavy atom. The van der Waals surface area contributed by atoms with Crippen molar-refractivity contribution in [3.63, 3.8) is 0 Å². The smallest absolute Gasteiger partial charge is 0.319 e. The molecule has 0 radical (unpaired) electrons. The average molecular weight is 387 g/mol. The minimum atomic E-state index is -0.659. The van der Waals surface area contributed by atoms with Crippen molar-refractivity contribution in [2.45, 2.75) is 37.8 Å². The molecule has 3 aromatic rings. The molecule has 0 unspecified atom stereocenters. The molecule has 1 heterocycles. The number of aliphatic hydroxyl groups excluding tert-OH is 1. The van der Waals surface area contributed by atoms with Crippen molar-refractivity contribution in [1.29, 1.82) is 0 Å². The number of amides is 2. The number of nitrogens with zero attached hydrogens (tertiary/aromatic N) is 1. The summed E-state index contributed by atoms with van der Waals surface area (Å²) in [4.78, 5) is 17.2. The second-order valence-corrected chi connectivity index (χ2v) is 8.08. The maximum absolute atomic E-state index is 12.8. The molecule has 1 aliphatic rings. The molecule has 2 atom stereocenters. The maximum atomic E-state index is 12.8. The number of carbonyl (C=O) groups excluding carboxylic acids is 1. The normalized spacial score (nSPS) is 19.8. The Morgan fingerprint density at radius 2 is 1.76 bits per heavy atom. The lowest BCUT2D eigenvalue weighted by molar-refractivity contribution is 0.0883. The zero-order chi connectivity index (χ0) is 20.4. The van der Waals surface area contributed by atoms with Crippen LogP contribution in [0.4, 0.5) is 10.5 Å². The molecule has 2 aromatic carbocycles. The van der Waals surface area contributed by atoms with Crippen LogP contribution in [0.5, 0.6) is 0 Å². The van der Waals surface area contributed by atoms with Crippen LogP contribution in [0, 0.1) is 0 Å². The fourth-order valence-corrected chi connectivity index (χ4v) is 4.15. The van der Waals surface area contributed by atoms with Gasteiger partial charge in [0.2, 0.25) is 0 Å². The van der Waals surface area contributed by atoms with Crippen LogP contribution in [-0.4, -0.2) is 22.2 Å². The minimum Gasteiger partial charge on any atom is -0.391 e. The second kappa shape index (κ2) is 7.68. The molecule has 5 nitrogen and oxygen atoms in total. The minimum absolute atomic E-state index is 0.144. The molecular weight excluding hydrogens is 362 g/mol. The van der Waals surface area contributed by atoms with Gasteiger partial charge in [0.05, 0.1) is 23.5 Å². The fraction of sp³-hybridized carbons (Fsp3) is 0.250. The number of nitrogens with one attached hydrogen (secondary N) is 2. The van der Waals surface area contributed by atoms with Crippen LogP contribution in [0.15, 0.2) is 72.9 Å². The number of hydrogen-bond acceptors (Lipinski definition) is 3. The molecule has 0 bridgehead atoms. The number of rotatable bonds is 3. The number of carbonyl (C=O) groups is 1. The number of anilines is 1. The first kappa shape index (κ1) is 19.2. The topological polar surface area (TPSA) is 74.2 Å². The van der Waals surface area contributed by atoms with Crippen molar-refractivity contribution < 1.29 is 9.90 Å². The van der Waals surface area contributed by atoms with E-state index in [0.717, 1.165) is 16.7 Å². The van der Waals surface area contributed by atoms with E-state index in [1.165, 1.54) is 0 Å². The first-order chi connectivity index (χ1) is 14.0. The van der Waals surface area contributed by atoms with Crippen molar-refractivity contribution in [1.82, 2.24) is 10.3 Å². The highest BCUT2D eigenvalue weighted by Crippen LogP contribution is 2.41. The van der Waals surface area contributed by atoms with Gasteiger partial charge in [0.25, 0.3) is 0 Å². The molecule has 0 saturated heterocycles. The summed E-state index contributed by atoms with van der Waals surface area (Å²) in [6.07, 6.45) is 1.62. The van der Waals surface area contributed by atoms with E-state index in [-0.39, 0.29) is 11.4 Å². The molecule has 0 fully saturated rings. The Hall–Kier alpha value is -3.18. The Kier molecular flexibility index (Phi) is 5.07. The number of urea groups is 1. The molecule has 0 aliphatic heterocycles. The van der Waals surface area contributed by atoms with Crippen molar-refractivity contribution in [3.8, 4) is 11.3 Å².